The Morgan fingerprint density at radius 1 is 1.35 bits per heavy atom. The molecule has 2 aromatic rings. The molecule has 0 unspecified atom stereocenters. The lowest BCUT2D eigenvalue weighted by atomic mass is 10.0. The first-order valence-electron chi connectivity index (χ1n) is 7.51. The van der Waals surface area contributed by atoms with Crippen LogP contribution in [-0.2, 0) is 0 Å². The molecular formula is C15H18N4O4. The van der Waals surface area contributed by atoms with Gasteiger partial charge in [-0.2, -0.15) is 0 Å². The van der Waals surface area contributed by atoms with Gasteiger partial charge in [-0.05, 0) is 32.8 Å². The molecule has 122 valence electrons. The van der Waals surface area contributed by atoms with Gasteiger partial charge in [-0.1, -0.05) is 0 Å². The Labute approximate surface area is 132 Å². The summed E-state index contributed by atoms with van der Waals surface area (Å²) in [6.07, 6.45) is 3.51. The highest BCUT2D eigenvalue weighted by molar-refractivity contribution is 5.91. The van der Waals surface area contributed by atoms with Crippen LogP contribution in [0.1, 0.15) is 41.0 Å². The van der Waals surface area contributed by atoms with Crippen LogP contribution in [0.5, 0.6) is 0 Å². The molecule has 0 aromatic carbocycles. The minimum Gasteiger partial charge on any atom is -0.395 e. The average molecular weight is 318 g/mol. The van der Waals surface area contributed by atoms with E-state index < -0.39 is 10.8 Å². The number of amides is 1. The van der Waals surface area contributed by atoms with E-state index in [0.717, 1.165) is 24.4 Å². The van der Waals surface area contributed by atoms with Gasteiger partial charge >= 0.3 is 5.88 Å². The van der Waals surface area contributed by atoms with Crippen LogP contribution in [0.2, 0.25) is 0 Å². The molecule has 1 aliphatic heterocycles. The van der Waals surface area contributed by atoms with Crippen LogP contribution in [0.15, 0.2) is 22.7 Å². The maximum atomic E-state index is 12.4. The number of likely N-dealkylation sites (tertiary alicyclic amines) is 1. The Morgan fingerprint density at radius 3 is 2.57 bits per heavy atom. The summed E-state index contributed by atoms with van der Waals surface area (Å²) < 4.78 is 7.20. The third kappa shape index (κ3) is 2.84. The second-order valence-corrected chi connectivity index (χ2v) is 5.74. The van der Waals surface area contributed by atoms with Gasteiger partial charge in [0.25, 0.3) is 5.91 Å². The molecule has 1 aliphatic rings. The topological polar surface area (TPSA) is 94.4 Å². The monoisotopic (exact) mass is 318 g/mol. The Balaban J connectivity index is 1.66. The SMILES string of the molecule is Cc1cnc(C)n1C1CCN(C(=O)c2ccc([N+](=O)[O-])o2)CC1. The highest BCUT2D eigenvalue weighted by Crippen LogP contribution is 2.27. The zero-order valence-corrected chi connectivity index (χ0v) is 13.1. The van der Waals surface area contributed by atoms with Crippen molar-refractivity contribution in [3.63, 3.8) is 0 Å². The molecule has 8 heteroatoms. The van der Waals surface area contributed by atoms with E-state index >= 15 is 0 Å². The molecule has 0 saturated carbocycles. The summed E-state index contributed by atoms with van der Waals surface area (Å²) >= 11 is 0. The van der Waals surface area contributed by atoms with Crippen LogP contribution in [0, 0.1) is 24.0 Å². The number of aromatic nitrogens is 2. The molecule has 0 spiro atoms. The number of imidazole rings is 1. The maximum Gasteiger partial charge on any atom is 0.433 e. The van der Waals surface area contributed by atoms with Gasteiger partial charge in [-0.15, -0.1) is 0 Å². The Morgan fingerprint density at radius 2 is 2.04 bits per heavy atom. The van der Waals surface area contributed by atoms with Crippen LogP contribution in [0.4, 0.5) is 5.88 Å². The fourth-order valence-electron chi connectivity index (χ4n) is 3.14. The fourth-order valence-corrected chi connectivity index (χ4v) is 3.14. The van der Waals surface area contributed by atoms with E-state index in [-0.39, 0.29) is 11.7 Å². The van der Waals surface area contributed by atoms with Crippen molar-refractivity contribution in [2.24, 2.45) is 0 Å². The molecule has 1 amide bonds. The van der Waals surface area contributed by atoms with Crippen molar-refractivity contribution in [1.29, 1.82) is 0 Å². The van der Waals surface area contributed by atoms with E-state index in [1.807, 2.05) is 20.0 Å². The second kappa shape index (κ2) is 5.86. The van der Waals surface area contributed by atoms with Crippen molar-refractivity contribution >= 4 is 11.8 Å². The molecule has 8 nitrogen and oxygen atoms in total. The minimum absolute atomic E-state index is 0.0186. The lowest BCUT2D eigenvalue weighted by molar-refractivity contribution is -0.402. The molecule has 3 rings (SSSR count). The lowest BCUT2D eigenvalue weighted by Gasteiger charge is -2.33. The van der Waals surface area contributed by atoms with Crippen molar-refractivity contribution in [3.05, 3.63) is 45.7 Å². The van der Waals surface area contributed by atoms with E-state index in [0.29, 0.717) is 19.1 Å². The number of carbonyl (C=O) groups is 1. The first-order chi connectivity index (χ1) is 11.0. The Hall–Kier alpha value is -2.64. The highest BCUT2D eigenvalue weighted by atomic mass is 16.6. The van der Waals surface area contributed by atoms with Crippen molar-refractivity contribution < 1.29 is 14.1 Å². The summed E-state index contributed by atoms with van der Waals surface area (Å²) in [7, 11) is 0. The first kappa shape index (κ1) is 15.3. The number of hydrogen-bond donors (Lipinski definition) is 0. The van der Waals surface area contributed by atoms with Crippen molar-refractivity contribution in [2.75, 3.05) is 13.1 Å². The largest absolute Gasteiger partial charge is 0.433 e. The molecule has 1 fully saturated rings. The molecular weight excluding hydrogens is 300 g/mol. The van der Waals surface area contributed by atoms with Crippen molar-refractivity contribution in [2.45, 2.75) is 32.7 Å². The number of hydrogen-bond acceptors (Lipinski definition) is 5. The smallest absolute Gasteiger partial charge is 0.395 e. The molecule has 0 aliphatic carbocycles. The second-order valence-electron chi connectivity index (χ2n) is 5.74. The van der Waals surface area contributed by atoms with Crippen molar-refractivity contribution in [1.82, 2.24) is 14.5 Å². The van der Waals surface area contributed by atoms with Gasteiger partial charge in [0, 0.05) is 31.0 Å². The number of carbonyl (C=O) groups excluding carboxylic acids is 1. The molecule has 0 N–H and O–H groups in total. The van der Waals surface area contributed by atoms with Gasteiger partial charge < -0.3 is 13.9 Å². The third-order valence-corrected chi connectivity index (χ3v) is 4.27. The number of rotatable bonds is 3. The highest BCUT2D eigenvalue weighted by Gasteiger charge is 2.28. The normalized spacial score (nSPS) is 15.8. The van der Waals surface area contributed by atoms with Crippen LogP contribution < -0.4 is 0 Å². The van der Waals surface area contributed by atoms with Gasteiger partial charge in [0.1, 0.15) is 10.7 Å². The number of furan rings is 1. The molecule has 3 heterocycles. The van der Waals surface area contributed by atoms with E-state index in [9.17, 15) is 14.9 Å². The maximum absolute atomic E-state index is 12.4. The fraction of sp³-hybridized carbons (Fsp3) is 0.467. The van der Waals surface area contributed by atoms with E-state index in [4.69, 9.17) is 4.42 Å². The predicted octanol–water partition coefficient (Wildman–Crippen LogP) is 2.48. The van der Waals surface area contributed by atoms with Crippen LogP contribution in [-0.4, -0.2) is 38.4 Å². The number of nitrogens with zero attached hydrogens (tertiary/aromatic N) is 4. The quantitative estimate of drug-likeness (QED) is 0.640. The molecule has 23 heavy (non-hydrogen) atoms. The summed E-state index contributed by atoms with van der Waals surface area (Å²) in [5, 5.41) is 10.6. The standard InChI is InChI=1S/C15H18N4O4/c1-10-9-16-11(2)18(10)12-5-7-17(8-6-12)15(20)13-3-4-14(23-13)19(21)22/h3-4,9,12H,5-8H2,1-2H3. The van der Waals surface area contributed by atoms with E-state index in [2.05, 4.69) is 9.55 Å². The van der Waals surface area contributed by atoms with E-state index in [1.54, 1.807) is 4.90 Å². The number of piperidine rings is 1. The molecule has 0 bridgehead atoms. The summed E-state index contributed by atoms with van der Waals surface area (Å²) in [5.74, 6) is 0.294. The Bertz CT molecular complexity index is 721. The van der Waals surface area contributed by atoms with Crippen molar-refractivity contribution in [3.8, 4) is 0 Å². The Kier molecular flexibility index (Phi) is 3.89. The average Bonchev–Trinajstić information content (AvgIpc) is 3.14. The molecule has 1 saturated heterocycles. The molecule has 0 atom stereocenters. The van der Waals surface area contributed by atoms with Gasteiger partial charge in [0.2, 0.25) is 0 Å². The van der Waals surface area contributed by atoms with E-state index in [1.165, 1.54) is 12.1 Å². The summed E-state index contributed by atoms with van der Waals surface area (Å²) in [4.78, 5) is 28.3. The third-order valence-electron chi connectivity index (χ3n) is 4.27. The van der Waals surface area contributed by atoms with Crippen LogP contribution >= 0.6 is 0 Å². The van der Waals surface area contributed by atoms with Gasteiger partial charge in [-0.3, -0.25) is 14.9 Å². The zero-order valence-electron chi connectivity index (χ0n) is 13.1. The predicted molar refractivity (Wildman–Crippen MR) is 81.2 cm³/mol. The van der Waals surface area contributed by atoms with Crippen LogP contribution in [0.3, 0.4) is 0 Å². The number of aryl methyl sites for hydroxylation is 2. The van der Waals surface area contributed by atoms with Gasteiger partial charge in [0.15, 0.2) is 5.76 Å². The molecule has 0 radical (unpaired) electrons. The first-order valence-corrected chi connectivity index (χ1v) is 7.51. The summed E-state index contributed by atoms with van der Waals surface area (Å²) in [5.41, 5.74) is 1.12. The lowest BCUT2D eigenvalue weighted by Crippen LogP contribution is -2.39. The summed E-state index contributed by atoms with van der Waals surface area (Å²) in [6.45, 7) is 5.19. The summed E-state index contributed by atoms with van der Waals surface area (Å²) in [6, 6.07) is 2.89. The molecule has 2 aromatic heterocycles. The van der Waals surface area contributed by atoms with Crippen LogP contribution in [0.25, 0.3) is 0 Å². The minimum atomic E-state index is -0.645. The zero-order chi connectivity index (χ0) is 16.6. The number of nitro groups is 1. The van der Waals surface area contributed by atoms with Gasteiger partial charge in [-0.25, -0.2) is 4.98 Å². The van der Waals surface area contributed by atoms with Gasteiger partial charge in [0.05, 0.1) is 6.07 Å².